The Balaban J connectivity index is 1.46. The van der Waals surface area contributed by atoms with Crippen LogP contribution >= 0.6 is 0 Å². The molecule has 4 nitrogen and oxygen atoms in total. The second kappa shape index (κ2) is 8.50. The minimum absolute atomic E-state index is 0.0971. The number of hydrogen-bond acceptors (Lipinski definition) is 3. The fraction of sp³-hybridized carbons (Fsp3) is 0.350. The van der Waals surface area contributed by atoms with E-state index < -0.39 is 0 Å². The summed E-state index contributed by atoms with van der Waals surface area (Å²) in [6, 6.07) is 17.6. The van der Waals surface area contributed by atoms with Gasteiger partial charge in [0.1, 0.15) is 12.4 Å². The molecule has 0 radical (unpaired) electrons. The third-order valence-corrected chi connectivity index (χ3v) is 4.32. The SMILES string of the molecule is O=C(CC1CCNCC1)Nc1ccc(OCc2ccccc2)cc1. The Bertz CT molecular complexity index is 634. The van der Waals surface area contributed by atoms with Crippen molar-refractivity contribution < 1.29 is 9.53 Å². The van der Waals surface area contributed by atoms with Gasteiger partial charge < -0.3 is 15.4 Å². The highest BCUT2D eigenvalue weighted by atomic mass is 16.5. The summed E-state index contributed by atoms with van der Waals surface area (Å²) in [7, 11) is 0. The summed E-state index contributed by atoms with van der Waals surface area (Å²) < 4.78 is 5.75. The molecule has 0 bridgehead atoms. The maximum absolute atomic E-state index is 12.1. The molecule has 0 aromatic heterocycles. The number of anilines is 1. The van der Waals surface area contributed by atoms with Crippen molar-refractivity contribution in [2.75, 3.05) is 18.4 Å². The van der Waals surface area contributed by atoms with E-state index in [4.69, 9.17) is 4.74 Å². The van der Waals surface area contributed by atoms with Gasteiger partial charge in [0.15, 0.2) is 0 Å². The van der Waals surface area contributed by atoms with Gasteiger partial charge in [0.05, 0.1) is 0 Å². The van der Waals surface area contributed by atoms with Crippen molar-refractivity contribution in [3.8, 4) is 5.75 Å². The Labute approximate surface area is 143 Å². The van der Waals surface area contributed by atoms with Crippen LogP contribution in [0.1, 0.15) is 24.8 Å². The molecule has 0 unspecified atom stereocenters. The number of carbonyl (C=O) groups is 1. The molecule has 0 atom stereocenters. The van der Waals surface area contributed by atoms with Crippen LogP contribution in [0.4, 0.5) is 5.69 Å². The first-order chi connectivity index (χ1) is 11.8. The van der Waals surface area contributed by atoms with Gasteiger partial charge >= 0.3 is 0 Å². The second-order valence-electron chi connectivity index (χ2n) is 6.24. The number of benzene rings is 2. The number of rotatable bonds is 6. The van der Waals surface area contributed by atoms with Crippen LogP contribution in [-0.4, -0.2) is 19.0 Å². The van der Waals surface area contributed by atoms with Crippen molar-refractivity contribution in [2.45, 2.75) is 25.9 Å². The molecule has 0 aliphatic carbocycles. The minimum atomic E-state index is 0.0971. The summed E-state index contributed by atoms with van der Waals surface area (Å²) in [5, 5.41) is 6.30. The monoisotopic (exact) mass is 324 g/mol. The molecule has 1 aliphatic rings. The molecule has 2 aromatic rings. The van der Waals surface area contributed by atoms with Gasteiger partial charge in [0, 0.05) is 12.1 Å². The lowest BCUT2D eigenvalue weighted by Crippen LogP contribution is -2.30. The average Bonchev–Trinajstić information content (AvgIpc) is 2.63. The number of carbonyl (C=O) groups excluding carboxylic acids is 1. The molecule has 3 rings (SSSR count). The van der Waals surface area contributed by atoms with Crippen molar-refractivity contribution in [2.24, 2.45) is 5.92 Å². The average molecular weight is 324 g/mol. The number of ether oxygens (including phenoxy) is 1. The van der Waals surface area contributed by atoms with Crippen LogP contribution in [0.2, 0.25) is 0 Å². The molecule has 2 aromatic carbocycles. The maximum Gasteiger partial charge on any atom is 0.224 e. The molecule has 0 spiro atoms. The number of hydrogen-bond donors (Lipinski definition) is 2. The van der Waals surface area contributed by atoms with Crippen LogP contribution in [0.5, 0.6) is 5.75 Å². The molecule has 1 aliphatic heterocycles. The third kappa shape index (κ3) is 5.10. The zero-order chi connectivity index (χ0) is 16.6. The van der Waals surface area contributed by atoms with Crippen molar-refractivity contribution in [3.63, 3.8) is 0 Å². The highest BCUT2D eigenvalue weighted by Gasteiger charge is 2.16. The first-order valence-corrected chi connectivity index (χ1v) is 8.57. The second-order valence-corrected chi connectivity index (χ2v) is 6.24. The van der Waals surface area contributed by atoms with Gasteiger partial charge in [-0.25, -0.2) is 0 Å². The summed E-state index contributed by atoms with van der Waals surface area (Å²) in [6.45, 7) is 2.58. The molecule has 2 N–H and O–H groups in total. The summed E-state index contributed by atoms with van der Waals surface area (Å²) >= 11 is 0. The van der Waals surface area contributed by atoms with Gasteiger partial charge in [0.2, 0.25) is 5.91 Å². The summed E-state index contributed by atoms with van der Waals surface area (Å²) in [5.74, 6) is 1.40. The number of amides is 1. The van der Waals surface area contributed by atoms with E-state index in [0.29, 0.717) is 18.9 Å². The molecule has 1 amide bonds. The van der Waals surface area contributed by atoms with Crippen LogP contribution in [-0.2, 0) is 11.4 Å². The van der Waals surface area contributed by atoms with Crippen molar-refractivity contribution in [3.05, 3.63) is 60.2 Å². The van der Waals surface area contributed by atoms with Crippen LogP contribution in [0, 0.1) is 5.92 Å². The molecular weight excluding hydrogens is 300 g/mol. The molecule has 24 heavy (non-hydrogen) atoms. The predicted molar refractivity (Wildman–Crippen MR) is 96.1 cm³/mol. The van der Waals surface area contributed by atoms with Crippen LogP contribution in [0.15, 0.2) is 54.6 Å². The van der Waals surface area contributed by atoms with E-state index in [1.54, 1.807) is 0 Å². The first-order valence-electron chi connectivity index (χ1n) is 8.57. The standard InChI is InChI=1S/C20H24N2O2/c23-20(14-16-10-12-21-13-11-16)22-18-6-8-19(9-7-18)24-15-17-4-2-1-3-5-17/h1-9,16,21H,10-15H2,(H,22,23). The van der Waals surface area contributed by atoms with Gasteiger partial charge in [-0.2, -0.15) is 0 Å². The fourth-order valence-electron chi connectivity index (χ4n) is 2.94. The summed E-state index contributed by atoms with van der Waals surface area (Å²) in [6.07, 6.45) is 2.77. The van der Waals surface area contributed by atoms with Crippen molar-refractivity contribution in [1.29, 1.82) is 0 Å². The summed E-state index contributed by atoms with van der Waals surface area (Å²) in [5.41, 5.74) is 1.96. The van der Waals surface area contributed by atoms with Gasteiger partial charge in [-0.3, -0.25) is 4.79 Å². The highest BCUT2D eigenvalue weighted by Crippen LogP contribution is 2.19. The Kier molecular flexibility index (Phi) is 5.85. The normalized spacial score (nSPS) is 15.0. The zero-order valence-electron chi connectivity index (χ0n) is 13.8. The van der Waals surface area contributed by atoms with Crippen LogP contribution in [0.25, 0.3) is 0 Å². The van der Waals surface area contributed by atoms with E-state index in [0.717, 1.165) is 42.9 Å². The molecule has 4 heteroatoms. The fourth-order valence-corrected chi connectivity index (χ4v) is 2.94. The molecule has 1 saturated heterocycles. The smallest absolute Gasteiger partial charge is 0.224 e. The quantitative estimate of drug-likeness (QED) is 0.854. The highest BCUT2D eigenvalue weighted by molar-refractivity contribution is 5.90. The lowest BCUT2D eigenvalue weighted by molar-refractivity contribution is -0.117. The Hall–Kier alpha value is -2.33. The van der Waals surface area contributed by atoms with E-state index in [9.17, 15) is 4.79 Å². The third-order valence-electron chi connectivity index (χ3n) is 4.32. The van der Waals surface area contributed by atoms with E-state index in [1.807, 2.05) is 54.6 Å². The predicted octanol–water partition coefficient (Wildman–Crippen LogP) is 3.59. The van der Waals surface area contributed by atoms with Crippen LogP contribution < -0.4 is 15.4 Å². The minimum Gasteiger partial charge on any atom is -0.489 e. The topological polar surface area (TPSA) is 50.4 Å². The summed E-state index contributed by atoms with van der Waals surface area (Å²) in [4.78, 5) is 12.1. The molecule has 126 valence electrons. The Morgan fingerprint density at radius 3 is 2.46 bits per heavy atom. The molecule has 0 saturated carbocycles. The lowest BCUT2D eigenvalue weighted by atomic mass is 9.94. The van der Waals surface area contributed by atoms with Gasteiger partial charge in [-0.1, -0.05) is 30.3 Å². The van der Waals surface area contributed by atoms with Gasteiger partial charge in [-0.15, -0.1) is 0 Å². The van der Waals surface area contributed by atoms with E-state index >= 15 is 0 Å². The Morgan fingerprint density at radius 1 is 1.04 bits per heavy atom. The van der Waals surface area contributed by atoms with Crippen molar-refractivity contribution >= 4 is 11.6 Å². The van der Waals surface area contributed by atoms with E-state index in [1.165, 1.54) is 0 Å². The molecule has 1 heterocycles. The van der Waals surface area contributed by atoms with Crippen LogP contribution in [0.3, 0.4) is 0 Å². The van der Waals surface area contributed by atoms with Gasteiger partial charge in [0.25, 0.3) is 0 Å². The largest absolute Gasteiger partial charge is 0.489 e. The van der Waals surface area contributed by atoms with Gasteiger partial charge in [-0.05, 0) is 61.7 Å². The van der Waals surface area contributed by atoms with E-state index in [-0.39, 0.29) is 5.91 Å². The maximum atomic E-state index is 12.1. The lowest BCUT2D eigenvalue weighted by Gasteiger charge is -2.21. The van der Waals surface area contributed by atoms with E-state index in [2.05, 4.69) is 10.6 Å². The Morgan fingerprint density at radius 2 is 1.75 bits per heavy atom. The first kappa shape index (κ1) is 16.5. The number of nitrogens with one attached hydrogen (secondary N) is 2. The molecule has 1 fully saturated rings. The molecular formula is C20H24N2O2. The van der Waals surface area contributed by atoms with Crippen molar-refractivity contribution in [1.82, 2.24) is 5.32 Å². The zero-order valence-corrected chi connectivity index (χ0v) is 13.8. The number of piperidine rings is 1.